The van der Waals surface area contributed by atoms with E-state index in [0.717, 1.165) is 17.3 Å². The minimum atomic E-state index is -0.296. The fraction of sp³-hybridized carbons (Fsp3) is 0.467. The van der Waals surface area contributed by atoms with Crippen molar-refractivity contribution in [3.05, 3.63) is 30.2 Å². The lowest BCUT2D eigenvalue weighted by Gasteiger charge is -2.42. The van der Waals surface area contributed by atoms with Gasteiger partial charge in [-0.3, -0.25) is 0 Å². The molecule has 1 aliphatic carbocycles. The van der Waals surface area contributed by atoms with Gasteiger partial charge in [0, 0.05) is 23.7 Å². The molecule has 1 aromatic heterocycles. The van der Waals surface area contributed by atoms with E-state index in [9.17, 15) is 4.39 Å². The number of hydrogen-bond acceptors (Lipinski definition) is 2. The minimum Gasteiger partial charge on any atom is -0.492 e. The molecule has 2 atom stereocenters. The first kappa shape index (κ1) is 12.5. The Bertz CT molecular complexity index is 605. The highest BCUT2D eigenvalue weighted by atomic mass is 19.1. The second kappa shape index (κ2) is 4.53. The van der Waals surface area contributed by atoms with E-state index in [2.05, 4.69) is 23.6 Å². The van der Waals surface area contributed by atoms with Crippen molar-refractivity contribution in [2.24, 2.45) is 0 Å². The number of nitrogens with zero attached hydrogens (tertiary/aromatic N) is 2. The van der Waals surface area contributed by atoms with Crippen molar-refractivity contribution in [3.63, 3.8) is 0 Å². The van der Waals surface area contributed by atoms with Crippen molar-refractivity contribution in [2.75, 3.05) is 21.2 Å². The first-order chi connectivity index (χ1) is 9.13. The number of fused-ring (bicyclic) bond motifs is 1. The van der Waals surface area contributed by atoms with E-state index in [1.54, 1.807) is 0 Å². The van der Waals surface area contributed by atoms with Gasteiger partial charge in [-0.25, -0.2) is 4.39 Å². The van der Waals surface area contributed by atoms with Crippen LogP contribution in [0.5, 0.6) is 5.75 Å². The molecular weight excluding hydrogens is 243 g/mol. The predicted octanol–water partition coefficient (Wildman–Crippen LogP) is 3.05. The van der Waals surface area contributed by atoms with Crippen LogP contribution in [0.1, 0.15) is 18.9 Å². The molecule has 0 spiro atoms. The smallest absolute Gasteiger partial charge is 0.178 e. The van der Waals surface area contributed by atoms with Crippen LogP contribution in [-0.2, 0) is 0 Å². The Kier molecular flexibility index (Phi) is 2.97. The number of benzene rings is 1. The summed E-state index contributed by atoms with van der Waals surface area (Å²) in [6.07, 6.45) is 4.37. The summed E-state index contributed by atoms with van der Waals surface area (Å²) in [4.78, 5) is 2.24. The number of aromatic nitrogens is 1. The average Bonchev–Trinajstić information content (AvgIpc) is 2.71. The Morgan fingerprint density at radius 1 is 1.26 bits per heavy atom. The van der Waals surface area contributed by atoms with Gasteiger partial charge in [-0.15, -0.1) is 0 Å². The molecule has 3 nitrogen and oxygen atoms in total. The zero-order valence-corrected chi connectivity index (χ0v) is 11.6. The van der Waals surface area contributed by atoms with Gasteiger partial charge in [0.25, 0.3) is 0 Å². The molecule has 102 valence electrons. The molecule has 19 heavy (non-hydrogen) atoms. The molecule has 0 N–H and O–H groups in total. The van der Waals surface area contributed by atoms with Gasteiger partial charge in [0.15, 0.2) is 11.6 Å². The Morgan fingerprint density at radius 2 is 2.05 bits per heavy atom. The van der Waals surface area contributed by atoms with E-state index in [-0.39, 0.29) is 5.82 Å². The molecule has 0 radical (unpaired) electrons. The largest absolute Gasteiger partial charge is 0.492 e. The molecule has 2 unspecified atom stereocenters. The first-order valence-electron chi connectivity index (χ1n) is 6.63. The highest BCUT2D eigenvalue weighted by Crippen LogP contribution is 2.40. The third kappa shape index (κ3) is 1.82. The number of ether oxygens (including phenoxy) is 1. The topological polar surface area (TPSA) is 17.4 Å². The van der Waals surface area contributed by atoms with Crippen LogP contribution in [0.15, 0.2) is 24.4 Å². The van der Waals surface area contributed by atoms with Crippen molar-refractivity contribution in [3.8, 4) is 5.75 Å². The van der Waals surface area contributed by atoms with Crippen molar-refractivity contribution in [1.82, 2.24) is 9.47 Å². The molecule has 2 aromatic rings. The molecular formula is C15H19FN2O. The lowest BCUT2D eigenvalue weighted by molar-refractivity contribution is 0.116. The monoisotopic (exact) mass is 262 g/mol. The molecule has 1 fully saturated rings. The molecule has 1 aromatic carbocycles. The van der Waals surface area contributed by atoms with Gasteiger partial charge in [0.05, 0.1) is 12.6 Å². The summed E-state index contributed by atoms with van der Waals surface area (Å²) in [5.74, 6) is 0.0579. The summed E-state index contributed by atoms with van der Waals surface area (Å²) >= 11 is 0. The molecule has 0 saturated heterocycles. The zero-order valence-electron chi connectivity index (χ0n) is 11.6. The molecule has 0 aliphatic heterocycles. The van der Waals surface area contributed by atoms with Crippen molar-refractivity contribution >= 4 is 10.9 Å². The Balaban J connectivity index is 2.12. The average molecular weight is 262 g/mol. The van der Waals surface area contributed by atoms with Gasteiger partial charge >= 0.3 is 0 Å². The Hall–Kier alpha value is -1.55. The van der Waals surface area contributed by atoms with Crippen molar-refractivity contribution in [2.45, 2.75) is 24.9 Å². The van der Waals surface area contributed by atoms with E-state index < -0.39 is 0 Å². The quantitative estimate of drug-likeness (QED) is 0.846. The third-order valence-corrected chi connectivity index (χ3v) is 4.21. The number of hydrogen-bond donors (Lipinski definition) is 0. The maximum absolute atomic E-state index is 13.9. The highest BCUT2D eigenvalue weighted by Gasteiger charge is 2.34. The van der Waals surface area contributed by atoms with Gasteiger partial charge in [-0.05, 0) is 45.1 Å². The number of methoxy groups -OCH3 is 1. The fourth-order valence-electron chi connectivity index (χ4n) is 3.06. The Labute approximate surface area is 112 Å². The van der Waals surface area contributed by atoms with Crippen LogP contribution < -0.4 is 4.74 Å². The molecule has 1 saturated carbocycles. The lowest BCUT2D eigenvalue weighted by Crippen LogP contribution is -2.44. The lowest BCUT2D eigenvalue weighted by atomic mass is 9.85. The SMILES string of the molecule is COc1c(F)ccc2ccn(C3CCC3N(C)C)c12. The van der Waals surface area contributed by atoms with E-state index in [1.807, 2.05) is 18.3 Å². The van der Waals surface area contributed by atoms with Crippen LogP contribution in [0.2, 0.25) is 0 Å². The summed E-state index contributed by atoms with van der Waals surface area (Å²) in [7, 11) is 5.72. The molecule has 0 bridgehead atoms. The zero-order chi connectivity index (χ0) is 13.6. The van der Waals surface area contributed by atoms with Crippen molar-refractivity contribution in [1.29, 1.82) is 0 Å². The van der Waals surface area contributed by atoms with Crippen LogP contribution in [0.3, 0.4) is 0 Å². The fourth-order valence-corrected chi connectivity index (χ4v) is 3.06. The predicted molar refractivity (Wildman–Crippen MR) is 74.2 cm³/mol. The summed E-state index contributed by atoms with van der Waals surface area (Å²) in [6.45, 7) is 0. The molecule has 1 heterocycles. The molecule has 3 rings (SSSR count). The van der Waals surface area contributed by atoms with E-state index in [0.29, 0.717) is 17.8 Å². The van der Waals surface area contributed by atoms with E-state index in [1.165, 1.54) is 19.6 Å². The van der Waals surface area contributed by atoms with Crippen LogP contribution in [0.4, 0.5) is 4.39 Å². The van der Waals surface area contributed by atoms with Gasteiger partial charge in [0.1, 0.15) is 0 Å². The highest BCUT2D eigenvalue weighted by molar-refractivity contribution is 5.86. The minimum absolute atomic E-state index is 0.296. The van der Waals surface area contributed by atoms with Gasteiger partial charge in [0.2, 0.25) is 0 Å². The second-order valence-electron chi connectivity index (χ2n) is 5.42. The Morgan fingerprint density at radius 3 is 2.63 bits per heavy atom. The summed E-state index contributed by atoms with van der Waals surface area (Å²) in [5, 5.41) is 1.03. The summed E-state index contributed by atoms with van der Waals surface area (Å²) in [5.41, 5.74) is 0.874. The first-order valence-corrected chi connectivity index (χ1v) is 6.63. The van der Waals surface area contributed by atoms with Crippen LogP contribution in [-0.4, -0.2) is 36.7 Å². The van der Waals surface area contributed by atoms with Crippen molar-refractivity contribution < 1.29 is 9.13 Å². The van der Waals surface area contributed by atoms with Crippen LogP contribution >= 0.6 is 0 Å². The van der Waals surface area contributed by atoms with Crippen LogP contribution in [0.25, 0.3) is 10.9 Å². The molecule has 4 heteroatoms. The number of likely N-dealkylation sites (N-methyl/N-ethyl adjacent to an activating group) is 1. The molecule has 1 aliphatic rings. The van der Waals surface area contributed by atoms with Gasteiger partial charge in [-0.1, -0.05) is 0 Å². The summed E-state index contributed by atoms with van der Waals surface area (Å²) in [6, 6.07) is 6.23. The van der Waals surface area contributed by atoms with Gasteiger partial charge < -0.3 is 14.2 Å². The normalized spacial score (nSPS) is 22.8. The summed E-state index contributed by atoms with van der Waals surface area (Å²) < 4.78 is 21.3. The number of rotatable bonds is 3. The number of halogens is 1. The maximum atomic E-state index is 13.9. The third-order valence-electron chi connectivity index (χ3n) is 4.21. The van der Waals surface area contributed by atoms with E-state index in [4.69, 9.17) is 4.74 Å². The van der Waals surface area contributed by atoms with E-state index >= 15 is 0 Å². The molecule has 0 amide bonds. The van der Waals surface area contributed by atoms with Gasteiger partial charge in [-0.2, -0.15) is 0 Å². The standard InChI is InChI=1S/C15H19FN2O/c1-17(2)12-6-7-13(12)18-9-8-10-4-5-11(16)15(19-3)14(10)18/h4-5,8-9,12-13H,6-7H2,1-3H3. The second-order valence-corrected chi connectivity index (χ2v) is 5.42. The van der Waals surface area contributed by atoms with Crippen LogP contribution in [0, 0.1) is 5.82 Å². The maximum Gasteiger partial charge on any atom is 0.178 e.